The fourth-order valence-electron chi connectivity index (χ4n) is 0.663. The molecule has 70 valence electrons. The molecule has 0 spiro atoms. The second-order valence-electron chi connectivity index (χ2n) is 2.18. The Bertz CT molecular complexity index is 298. The predicted molar refractivity (Wildman–Crippen MR) is 45.8 cm³/mol. The van der Waals surface area contributed by atoms with Gasteiger partial charge in [0.2, 0.25) is 0 Å². The highest BCUT2D eigenvalue weighted by atomic mass is 79.9. The topological polar surface area (TPSA) is 26.3 Å². The summed E-state index contributed by atoms with van der Waals surface area (Å²) < 4.78 is 28.5. The van der Waals surface area contributed by atoms with Crippen molar-refractivity contribution in [3.05, 3.63) is 28.7 Å². The number of hydrogen-bond acceptors (Lipinski definition) is 2. The average molecular weight is 251 g/mol. The monoisotopic (exact) mass is 250 g/mol. The number of esters is 1. The van der Waals surface area contributed by atoms with Crippen LogP contribution in [0.4, 0.5) is 8.78 Å². The van der Waals surface area contributed by atoms with Crippen molar-refractivity contribution in [2.75, 3.05) is 0 Å². The molecule has 0 bridgehead atoms. The van der Waals surface area contributed by atoms with E-state index in [2.05, 4.69) is 20.7 Å². The number of carbonyl (C=O) groups is 1. The van der Waals surface area contributed by atoms with Crippen molar-refractivity contribution in [1.29, 1.82) is 0 Å². The summed E-state index contributed by atoms with van der Waals surface area (Å²) in [6.07, 6.45) is -3.09. The Morgan fingerprint density at radius 3 is 2.31 bits per heavy atom. The molecule has 0 saturated heterocycles. The maximum Gasteiger partial charge on any atom is 0.379 e. The summed E-state index contributed by atoms with van der Waals surface area (Å²) in [7, 11) is 0. The second-order valence-corrected chi connectivity index (χ2v) is 3.09. The highest BCUT2D eigenvalue weighted by molar-refractivity contribution is 9.10. The number of ether oxygens (including phenoxy) is 1. The van der Waals surface area contributed by atoms with Crippen LogP contribution in [-0.4, -0.2) is 12.4 Å². The Labute approximate surface area is 81.6 Å². The van der Waals surface area contributed by atoms with Crippen molar-refractivity contribution in [1.82, 2.24) is 0 Å². The van der Waals surface area contributed by atoms with E-state index in [4.69, 9.17) is 0 Å². The number of halogens is 3. The molecule has 0 unspecified atom stereocenters. The van der Waals surface area contributed by atoms with Crippen LogP contribution in [0.2, 0.25) is 0 Å². The first-order valence-electron chi connectivity index (χ1n) is 3.35. The van der Waals surface area contributed by atoms with Crippen LogP contribution < -0.4 is 4.74 Å². The molecule has 0 saturated carbocycles. The number of hydrogen-bond donors (Lipinski definition) is 0. The Kier molecular flexibility index (Phi) is 3.36. The summed E-state index contributed by atoms with van der Waals surface area (Å²) >= 11 is 3.15. The first-order chi connectivity index (χ1) is 6.09. The molecule has 1 aromatic carbocycles. The molecule has 0 atom stereocenters. The fourth-order valence-corrected chi connectivity index (χ4v) is 0.928. The molecule has 0 aromatic heterocycles. The summed E-state index contributed by atoms with van der Waals surface area (Å²) in [5.41, 5.74) is 0. The molecule has 13 heavy (non-hydrogen) atoms. The fraction of sp³-hybridized carbons (Fsp3) is 0.125. The van der Waals surface area contributed by atoms with Crippen molar-refractivity contribution < 1.29 is 18.3 Å². The van der Waals surface area contributed by atoms with Gasteiger partial charge in [-0.3, -0.25) is 0 Å². The predicted octanol–water partition coefficient (Wildman–Crippen LogP) is 2.62. The van der Waals surface area contributed by atoms with Gasteiger partial charge in [-0.2, -0.15) is 8.78 Å². The Balaban J connectivity index is 2.65. The van der Waals surface area contributed by atoms with Crippen LogP contribution in [0, 0.1) is 0 Å². The third-order valence-corrected chi connectivity index (χ3v) is 1.74. The van der Waals surface area contributed by atoms with Gasteiger partial charge in [-0.15, -0.1) is 0 Å². The van der Waals surface area contributed by atoms with Gasteiger partial charge in [-0.05, 0) is 24.3 Å². The Morgan fingerprint density at radius 2 is 1.85 bits per heavy atom. The van der Waals surface area contributed by atoms with E-state index < -0.39 is 12.4 Å². The molecular formula is C8H5BrF2O2. The molecule has 0 aliphatic heterocycles. The van der Waals surface area contributed by atoms with Crippen molar-refractivity contribution in [2.24, 2.45) is 0 Å². The average Bonchev–Trinajstić information content (AvgIpc) is 2.08. The zero-order valence-electron chi connectivity index (χ0n) is 6.34. The Morgan fingerprint density at radius 1 is 1.31 bits per heavy atom. The summed E-state index contributed by atoms with van der Waals surface area (Å²) in [5, 5.41) is 0. The van der Waals surface area contributed by atoms with Crippen LogP contribution >= 0.6 is 15.9 Å². The highest BCUT2D eigenvalue weighted by Crippen LogP contribution is 2.16. The number of benzene rings is 1. The lowest BCUT2D eigenvalue weighted by molar-refractivity contribution is -0.146. The van der Waals surface area contributed by atoms with Gasteiger partial charge >= 0.3 is 12.4 Å². The van der Waals surface area contributed by atoms with E-state index in [1.54, 1.807) is 12.1 Å². The number of carbonyl (C=O) groups excluding carboxylic acids is 1. The maximum absolute atomic E-state index is 11.7. The largest absolute Gasteiger partial charge is 0.422 e. The van der Waals surface area contributed by atoms with Crippen LogP contribution in [0.1, 0.15) is 0 Å². The van der Waals surface area contributed by atoms with Crippen LogP contribution in [-0.2, 0) is 4.79 Å². The van der Waals surface area contributed by atoms with Crippen LogP contribution in [0.3, 0.4) is 0 Å². The van der Waals surface area contributed by atoms with Crippen molar-refractivity contribution in [3.63, 3.8) is 0 Å². The van der Waals surface area contributed by atoms with Gasteiger partial charge in [-0.25, -0.2) is 4.79 Å². The van der Waals surface area contributed by atoms with E-state index in [1.165, 1.54) is 12.1 Å². The van der Waals surface area contributed by atoms with Crippen molar-refractivity contribution >= 4 is 21.9 Å². The van der Waals surface area contributed by atoms with Crippen LogP contribution in [0.15, 0.2) is 28.7 Å². The van der Waals surface area contributed by atoms with Gasteiger partial charge in [0, 0.05) is 4.47 Å². The zero-order chi connectivity index (χ0) is 9.84. The molecule has 2 nitrogen and oxygen atoms in total. The Hall–Kier alpha value is -0.970. The van der Waals surface area contributed by atoms with Crippen molar-refractivity contribution in [3.8, 4) is 5.75 Å². The molecule has 0 heterocycles. The normalized spacial score (nSPS) is 10.2. The minimum Gasteiger partial charge on any atom is -0.422 e. The highest BCUT2D eigenvalue weighted by Gasteiger charge is 2.17. The molecular weight excluding hydrogens is 246 g/mol. The molecule has 1 aromatic rings. The molecule has 0 aliphatic rings. The van der Waals surface area contributed by atoms with E-state index in [1.807, 2.05) is 0 Å². The summed E-state index contributed by atoms with van der Waals surface area (Å²) in [5.74, 6) is -1.43. The van der Waals surface area contributed by atoms with E-state index >= 15 is 0 Å². The molecule has 5 heteroatoms. The lowest BCUT2D eigenvalue weighted by atomic mass is 10.3. The minimum atomic E-state index is -3.09. The number of rotatable bonds is 2. The van der Waals surface area contributed by atoms with Gasteiger partial charge in [0.25, 0.3) is 0 Å². The molecule has 0 aliphatic carbocycles. The smallest absolute Gasteiger partial charge is 0.379 e. The van der Waals surface area contributed by atoms with Crippen LogP contribution in [0.5, 0.6) is 5.75 Å². The quantitative estimate of drug-likeness (QED) is 0.596. The SMILES string of the molecule is O=C(Oc1ccc(Br)cc1)C(F)F. The number of alkyl halides is 2. The first-order valence-corrected chi connectivity index (χ1v) is 4.14. The molecule has 0 N–H and O–H groups in total. The summed E-state index contributed by atoms with van der Waals surface area (Å²) in [6, 6.07) is 6.02. The molecule has 0 fully saturated rings. The van der Waals surface area contributed by atoms with Gasteiger partial charge < -0.3 is 4.74 Å². The molecule has 0 radical (unpaired) electrons. The molecule has 0 amide bonds. The van der Waals surface area contributed by atoms with Gasteiger partial charge in [0.1, 0.15) is 5.75 Å². The van der Waals surface area contributed by atoms with E-state index in [0.29, 0.717) is 0 Å². The third-order valence-electron chi connectivity index (χ3n) is 1.21. The zero-order valence-corrected chi connectivity index (χ0v) is 7.92. The maximum atomic E-state index is 11.7. The van der Waals surface area contributed by atoms with E-state index in [-0.39, 0.29) is 5.75 Å². The van der Waals surface area contributed by atoms with Gasteiger partial charge in [-0.1, -0.05) is 15.9 Å². The van der Waals surface area contributed by atoms with E-state index in [0.717, 1.165) is 4.47 Å². The minimum absolute atomic E-state index is 0.105. The summed E-state index contributed by atoms with van der Waals surface area (Å²) in [4.78, 5) is 10.4. The third kappa shape index (κ3) is 3.10. The standard InChI is InChI=1S/C8H5BrF2O2/c9-5-1-3-6(4-2-5)13-8(12)7(10)11/h1-4,7H. The lowest BCUT2D eigenvalue weighted by Crippen LogP contribution is -2.17. The second kappa shape index (κ2) is 4.32. The van der Waals surface area contributed by atoms with Crippen LogP contribution in [0.25, 0.3) is 0 Å². The van der Waals surface area contributed by atoms with Crippen molar-refractivity contribution in [2.45, 2.75) is 6.43 Å². The van der Waals surface area contributed by atoms with E-state index in [9.17, 15) is 13.6 Å². The van der Waals surface area contributed by atoms with Gasteiger partial charge in [0.15, 0.2) is 0 Å². The lowest BCUT2D eigenvalue weighted by Gasteiger charge is -2.02. The van der Waals surface area contributed by atoms with Gasteiger partial charge in [0.05, 0.1) is 0 Å². The summed E-state index contributed by atoms with van der Waals surface area (Å²) in [6.45, 7) is 0. The molecule has 1 rings (SSSR count). The first kappa shape index (κ1) is 10.1.